The maximum atomic E-state index is 11.8. The van der Waals surface area contributed by atoms with E-state index in [9.17, 15) is 4.79 Å². The van der Waals surface area contributed by atoms with Gasteiger partial charge in [-0.25, -0.2) is 4.79 Å². The van der Waals surface area contributed by atoms with E-state index in [-0.39, 0.29) is 5.97 Å². The summed E-state index contributed by atoms with van der Waals surface area (Å²) >= 11 is 7.32. The molecule has 0 radical (unpaired) electrons. The summed E-state index contributed by atoms with van der Waals surface area (Å²) in [5, 5.41) is 0.674. The van der Waals surface area contributed by atoms with Crippen LogP contribution >= 0.6 is 23.4 Å². The van der Waals surface area contributed by atoms with E-state index in [2.05, 4.69) is 0 Å². The number of methoxy groups -OCH3 is 2. The molecule has 0 atom stereocenters. The molecular weight excluding hydrogens is 296 g/mol. The highest BCUT2D eigenvalue weighted by Gasteiger charge is 2.14. The van der Waals surface area contributed by atoms with Gasteiger partial charge in [-0.2, -0.15) is 0 Å². The summed E-state index contributed by atoms with van der Waals surface area (Å²) in [6.45, 7) is 0. The molecule has 0 fully saturated rings. The summed E-state index contributed by atoms with van der Waals surface area (Å²) < 4.78 is 9.99. The van der Waals surface area contributed by atoms with Crippen molar-refractivity contribution in [1.82, 2.24) is 0 Å². The molecule has 104 valence electrons. The van der Waals surface area contributed by atoms with Crippen LogP contribution in [0.25, 0.3) is 0 Å². The molecular formula is C15H13ClO3S. The van der Waals surface area contributed by atoms with Crippen LogP contribution < -0.4 is 4.74 Å². The summed E-state index contributed by atoms with van der Waals surface area (Å²) in [6, 6.07) is 12.7. The van der Waals surface area contributed by atoms with E-state index in [4.69, 9.17) is 21.1 Å². The van der Waals surface area contributed by atoms with Gasteiger partial charge in [-0.05, 0) is 42.5 Å². The maximum absolute atomic E-state index is 11.8. The first-order valence-corrected chi connectivity index (χ1v) is 7.03. The summed E-state index contributed by atoms with van der Waals surface area (Å²) in [4.78, 5) is 13.5. The van der Waals surface area contributed by atoms with Crippen LogP contribution in [0.15, 0.2) is 52.3 Å². The Morgan fingerprint density at radius 1 is 1.10 bits per heavy atom. The zero-order valence-corrected chi connectivity index (χ0v) is 12.6. The van der Waals surface area contributed by atoms with Crippen molar-refractivity contribution in [3.05, 3.63) is 53.1 Å². The number of carbonyl (C=O) groups is 1. The molecule has 0 saturated heterocycles. The molecule has 0 spiro atoms. The minimum absolute atomic E-state index is 0.371. The summed E-state index contributed by atoms with van der Waals surface area (Å²) in [5.74, 6) is 0.318. The summed E-state index contributed by atoms with van der Waals surface area (Å²) in [7, 11) is 2.95. The molecule has 0 bridgehead atoms. The van der Waals surface area contributed by atoms with Crippen LogP contribution in [0.4, 0.5) is 0 Å². The van der Waals surface area contributed by atoms with Gasteiger partial charge in [0.25, 0.3) is 0 Å². The van der Waals surface area contributed by atoms with Gasteiger partial charge in [0.2, 0.25) is 0 Å². The predicted octanol–water partition coefficient (Wildman–Crippen LogP) is 4.29. The number of carbonyl (C=O) groups excluding carboxylic acids is 1. The maximum Gasteiger partial charge on any atom is 0.339 e. The Balaban J connectivity index is 2.37. The molecule has 3 nitrogen and oxygen atoms in total. The van der Waals surface area contributed by atoms with Crippen LogP contribution in [0, 0.1) is 0 Å². The van der Waals surface area contributed by atoms with Crippen molar-refractivity contribution in [1.29, 1.82) is 0 Å². The first kappa shape index (κ1) is 14.8. The van der Waals surface area contributed by atoms with Gasteiger partial charge >= 0.3 is 5.97 Å². The fourth-order valence-electron chi connectivity index (χ4n) is 1.62. The van der Waals surface area contributed by atoms with E-state index in [1.165, 1.54) is 18.9 Å². The molecule has 0 amide bonds. The first-order valence-electron chi connectivity index (χ1n) is 5.84. The number of hydrogen-bond acceptors (Lipinski definition) is 4. The molecule has 2 aromatic rings. The topological polar surface area (TPSA) is 35.5 Å². The lowest BCUT2D eigenvalue weighted by Crippen LogP contribution is -2.03. The van der Waals surface area contributed by atoms with Crippen LogP contribution in [0.5, 0.6) is 5.75 Å². The molecule has 0 heterocycles. The summed E-state index contributed by atoms with van der Waals surface area (Å²) in [6.07, 6.45) is 0. The monoisotopic (exact) mass is 308 g/mol. The van der Waals surface area contributed by atoms with Gasteiger partial charge in [0.05, 0.1) is 19.8 Å². The van der Waals surface area contributed by atoms with Crippen molar-refractivity contribution in [3.8, 4) is 5.75 Å². The van der Waals surface area contributed by atoms with Crippen molar-refractivity contribution in [2.24, 2.45) is 0 Å². The molecule has 0 saturated carbocycles. The van der Waals surface area contributed by atoms with E-state index in [1.54, 1.807) is 19.2 Å². The Morgan fingerprint density at radius 3 is 2.40 bits per heavy atom. The van der Waals surface area contributed by atoms with Crippen LogP contribution in [0.3, 0.4) is 0 Å². The Hall–Kier alpha value is -1.65. The van der Waals surface area contributed by atoms with Crippen molar-refractivity contribution in [2.45, 2.75) is 9.79 Å². The largest absolute Gasteiger partial charge is 0.497 e. The molecule has 5 heteroatoms. The number of esters is 1. The van der Waals surface area contributed by atoms with E-state index < -0.39 is 0 Å². The zero-order valence-electron chi connectivity index (χ0n) is 11.1. The number of ether oxygens (including phenoxy) is 2. The summed E-state index contributed by atoms with van der Waals surface area (Å²) in [5.41, 5.74) is 0.508. The second-order valence-corrected chi connectivity index (χ2v) is 5.46. The standard InChI is InChI=1S/C15H13ClO3S/c1-18-11-5-8-13(15(17)19-2)14(9-11)20-12-6-3-10(16)4-7-12/h3-9H,1-2H3. The Bertz CT molecular complexity index is 611. The highest BCUT2D eigenvalue weighted by molar-refractivity contribution is 7.99. The third-order valence-electron chi connectivity index (χ3n) is 2.64. The number of hydrogen-bond donors (Lipinski definition) is 0. The molecule has 0 aliphatic rings. The molecule has 0 N–H and O–H groups in total. The SMILES string of the molecule is COC(=O)c1ccc(OC)cc1Sc1ccc(Cl)cc1. The zero-order chi connectivity index (χ0) is 14.5. The molecule has 0 aromatic heterocycles. The van der Waals surface area contributed by atoms with Gasteiger partial charge in [0.15, 0.2) is 0 Å². The minimum Gasteiger partial charge on any atom is -0.497 e. The predicted molar refractivity (Wildman–Crippen MR) is 79.9 cm³/mol. The van der Waals surface area contributed by atoms with Gasteiger partial charge in [0.1, 0.15) is 5.75 Å². The second-order valence-electron chi connectivity index (χ2n) is 3.91. The van der Waals surface area contributed by atoms with Crippen molar-refractivity contribution in [3.63, 3.8) is 0 Å². The third-order valence-corrected chi connectivity index (χ3v) is 3.95. The molecule has 2 rings (SSSR count). The fourth-order valence-corrected chi connectivity index (χ4v) is 2.71. The van der Waals surface area contributed by atoms with Gasteiger partial charge in [-0.15, -0.1) is 0 Å². The van der Waals surface area contributed by atoms with Crippen molar-refractivity contribution < 1.29 is 14.3 Å². The van der Waals surface area contributed by atoms with E-state index in [0.717, 1.165) is 9.79 Å². The fraction of sp³-hybridized carbons (Fsp3) is 0.133. The van der Waals surface area contributed by atoms with Gasteiger partial charge in [-0.1, -0.05) is 23.4 Å². The molecule has 2 aromatic carbocycles. The van der Waals surface area contributed by atoms with E-state index in [0.29, 0.717) is 16.3 Å². The number of halogens is 1. The van der Waals surface area contributed by atoms with Gasteiger partial charge in [-0.3, -0.25) is 0 Å². The molecule has 0 aliphatic carbocycles. The lowest BCUT2D eigenvalue weighted by Gasteiger charge is -2.09. The molecule has 20 heavy (non-hydrogen) atoms. The Morgan fingerprint density at radius 2 is 1.80 bits per heavy atom. The van der Waals surface area contributed by atoms with Crippen molar-refractivity contribution in [2.75, 3.05) is 14.2 Å². The highest BCUT2D eigenvalue weighted by Crippen LogP contribution is 2.34. The average molecular weight is 309 g/mol. The first-order chi connectivity index (χ1) is 9.63. The quantitative estimate of drug-likeness (QED) is 0.790. The van der Waals surface area contributed by atoms with Gasteiger partial charge < -0.3 is 9.47 Å². The van der Waals surface area contributed by atoms with E-state index >= 15 is 0 Å². The second kappa shape index (κ2) is 6.68. The Labute approximate surface area is 126 Å². The normalized spacial score (nSPS) is 10.2. The van der Waals surface area contributed by atoms with Crippen LogP contribution in [-0.2, 0) is 4.74 Å². The smallest absolute Gasteiger partial charge is 0.339 e. The van der Waals surface area contributed by atoms with Crippen molar-refractivity contribution >= 4 is 29.3 Å². The van der Waals surface area contributed by atoms with Crippen LogP contribution in [-0.4, -0.2) is 20.2 Å². The van der Waals surface area contributed by atoms with Gasteiger partial charge in [0, 0.05) is 14.8 Å². The van der Waals surface area contributed by atoms with Crippen LogP contribution in [0.1, 0.15) is 10.4 Å². The molecule has 0 unspecified atom stereocenters. The Kier molecular flexibility index (Phi) is 4.93. The van der Waals surface area contributed by atoms with Crippen LogP contribution in [0.2, 0.25) is 5.02 Å². The number of rotatable bonds is 4. The molecule has 0 aliphatic heterocycles. The lowest BCUT2D eigenvalue weighted by molar-refractivity contribution is 0.0596. The third kappa shape index (κ3) is 3.46. The number of benzene rings is 2. The average Bonchev–Trinajstić information content (AvgIpc) is 2.48. The lowest BCUT2D eigenvalue weighted by atomic mass is 10.2. The minimum atomic E-state index is -0.371. The highest BCUT2D eigenvalue weighted by atomic mass is 35.5. The van der Waals surface area contributed by atoms with E-state index in [1.807, 2.05) is 30.3 Å².